The fourth-order valence-electron chi connectivity index (χ4n) is 3.87. The molecule has 0 atom stereocenters. The van der Waals surface area contributed by atoms with Gasteiger partial charge in [0, 0.05) is 17.0 Å². The first-order valence-electron chi connectivity index (χ1n) is 11.6. The summed E-state index contributed by atoms with van der Waals surface area (Å²) >= 11 is 0. The van der Waals surface area contributed by atoms with Gasteiger partial charge in [0.1, 0.15) is 5.58 Å². The van der Waals surface area contributed by atoms with Crippen molar-refractivity contribution in [3.63, 3.8) is 0 Å². The monoisotopic (exact) mass is 426 g/mol. The summed E-state index contributed by atoms with van der Waals surface area (Å²) < 4.78 is 5.63. The maximum absolute atomic E-state index is 11.9. The van der Waals surface area contributed by atoms with Gasteiger partial charge in [0.05, 0.1) is 0 Å². The van der Waals surface area contributed by atoms with Crippen LogP contribution in [0.25, 0.3) is 11.0 Å². The van der Waals surface area contributed by atoms with Crippen molar-refractivity contribution in [2.45, 2.75) is 59.3 Å². The van der Waals surface area contributed by atoms with E-state index in [1.165, 1.54) is 28.3 Å². The number of unbranched alkanes of at least 4 members (excludes halogenated alkanes) is 1. The predicted octanol–water partition coefficient (Wildman–Crippen LogP) is 7.96. The van der Waals surface area contributed by atoms with Crippen molar-refractivity contribution in [2.75, 3.05) is 0 Å². The Bertz CT molecular complexity index is 1160. The first kappa shape index (κ1) is 23.5. The topological polar surface area (TPSA) is 30.2 Å². The molecule has 2 aromatic carbocycles. The Morgan fingerprint density at radius 2 is 1.62 bits per heavy atom. The number of benzene rings is 2. The van der Waals surface area contributed by atoms with E-state index < -0.39 is 0 Å². The summed E-state index contributed by atoms with van der Waals surface area (Å²) in [6, 6.07) is 18.0. The van der Waals surface area contributed by atoms with E-state index in [1.807, 2.05) is 18.2 Å². The van der Waals surface area contributed by atoms with Gasteiger partial charge >= 0.3 is 5.63 Å². The van der Waals surface area contributed by atoms with E-state index in [-0.39, 0.29) is 5.63 Å². The van der Waals surface area contributed by atoms with Crippen molar-refractivity contribution in [3.8, 4) is 0 Å². The van der Waals surface area contributed by atoms with Crippen LogP contribution in [0.3, 0.4) is 0 Å². The quantitative estimate of drug-likeness (QED) is 0.187. The molecule has 0 unspecified atom stereocenters. The average molecular weight is 427 g/mol. The molecule has 3 aromatic rings. The highest BCUT2D eigenvalue weighted by atomic mass is 16.4. The molecular weight excluding hydrogens is 392 g/mol. The number of allylic oxidation sites excluding steroid dienone is 6. The molecule has 0 radical (unpaired) electrons. The first-order valence-corrected chi connectivity index (χ1v) is 11.6. The Kier molecular flexibility index (Phi) is 8.86. The minimum Gasteiger partial charge on any atom is -0.422 e. The highest BCUT2D eigenvalue weighted by Crippen LogP contribution is 2.25. The molecule has 0 spiro atoms. The van der Waals surface area contributed by atoms with Crippen LogP contribution in [0.4, 0.5) is 0 Å². The van der Waals surface area contributed by atoms with E-state index in [0.717, 1.165) is 49.5 Å². The van der Waals surface area contributed by atoms with Gasteiger partial charge in [-0.3, -0.25) is 0 Å². The van der Waals surface area contributed by atoms with Crippen LogP contribution in [0, 0.1) is 0 Å². The summed E-state index contributed by atoms with van der Waals surface area (Å²) in [6.45, 7) is 6.52. The summed E-state index contributed by atoms with van der Waals surface area (Å²) in [5.74, 6) is 0. The third kappa shape index (κ3) is 7.23. The van der Waals surface area contributed by atoms with Crippen molar-refractivity contribution in [3.05, 3.63) is 117 Å². The molecule has 3 rings (SSSR count). The Morgan fingerprint density at radius 1 is 0.844 bits per heavy atom. The van der Waals surface area contributed by atoms with Crippen LogP contribution in [0.1, 0.15) is 63.1 Å². The molecule has 0 saturated carbocycles. The van der Waals surface area contributed by atoms with Gasteiger partial charge in [-0.05, 0) is 76.5 Å². The Hall–Kier alpha value is -3.13. The molecule has 1 aromatic heterocycles. The third-order valence-electron chi connectivity index (χ3n) is 5.63. The molecule has 2 heteroatoms. The van der Waals surface area contributed by atoms with Crippen molar-refractivity contribution in [2.24, 2.45) is 0 Å². The normalized spacial score (nSPS) is 11.9. The number of hydrogen-bond donors (Lipinski definition) is 0. The summed E-state index contributed by atoms with van der Waals surface area (Å²) in [6.07, 6.45) is 15.0. The van der Waals surface area contributed by atoms with Crippen molar-refractivity contribution in [1.29, 1.82) is 0 Å². The second-order valence-corrected chi connectivity index (χ2v) is 8.66. The Morgan fingerprint density at radius 3 is 2.41 bits per heavy atom. The molecule has 32 heavy (non-hydrogen) atoms. The molecule has 0 fully saturated rings. The maximum atomic E-state index is 11.9. The van der Waals surface area contributed by atoms with Crippen LogP contribution in [0.2, 0.25) is 0 Å². The fraction of sp³-hybridized carbons (Fsp3) is 0.300. The summed E-state index contributed by atoms with van der Waals surface area (Å²) in [4.78, 5) is 11.9. The highest BCUT2D eigenvalue weighted by molar-refractivity contribution is 5.81. The van der Waals surface area contributed by atoms with Crippen molar-refractivity contribution in [1.82, 2.24) is 0 Å². The summed E-state index contributed by atoms with van der Waals surface area (Å²) in [7, 11) is 0. The van der Waals surface area contributed by atoms with E-state index in [2.05, 4.69) is 75.4 Å². The van der Waals surface area contributed by atoms with E-state index in [0.29, 0.717) is 5.58 Å². The van der Waals surface area contributed by atoms with Gasteiger partial charge in [0.25, 0.3) is 0 Å². The minimum atomic E-state index is -0.298. The van der Waals surface area contributed by atoms with Crippen molar-refractivity contribution < 1.29 is 4.42 Å². The van der Waals surface area contributed by atoms with Gasteiger partial charge in [-0.1, -0.05) is 77.9 Å². The molecule has 2 nitrogen and oxygen atoms in total. The second kappa shape index (κ2) is 12.0. The molecular formula is C30H34O2. The van der Waals surface area contributed by atoms with E-state index in [4.69, 9.17) is 4.42 Å². The molecule has 0 bridgehead atoms. The van der Waals surface area contributed by atoms with Crippen LogP contribution in [0.5, 0.6) is 0 Å². The lowest BCUT2D eigenvalue weighted by molar-refractivity contribution is 0.557. The molecule has 0 aliphatic heterocycles. The molecule has 1 heterocycles. The van der Waals surface area contributed by atoms with E-state index in [1.54, 1.807) is 0 Å². The molecule has 0 saturated heterocycles. The molecule has 0 amide bonds. The number of fused-ring (bicyclic) bond motifs is 1. The second-order valence-electron chi connectivity index (χ2n) is 8.66. The zero-order chi connectivity index (χ0) is 22.8. The minimum absolute atomic E-state index is 0.298. The van der Waals surface area contributed by atoms with Gasteiger partial charge in [-0.2, -0.15) is 0 Å². The van der Waals surface area contributed by atoms with Crippen LogP contribution >= 0.6 is 0 Å². The predicted molar refractivity (Wildman–Crippen MR) is 136 cm³/mol. The molecule has 0 aliphatic rings. The Labute approximate surface area is 192 Å². The van der Waals surface area contributed by atoms with E-state index >= 15 is 0 Å². The van der Waals surface area contributed by atoms with Crippen LogP contribution < -0.4 is 5.63 Å². The van der Waals surface area contributed by atoms with Crippen LogP contribution in [-0.4, -0.2) is 0 Å². The van der Waals surface area contributed by atoms with E-state index in [9.17, 15) is 4.79 Å². The average Bonchev–Trinajstić information content (AvgIpc) is 2.77. The SMILES string of the molecule is CC(C)=CCC/C(C)=C\CC/C=C\Cc1c(Cc2ccccc2)ccc2ccc(=O)oc12. The number of rotatable bonds is 10. The first-order chi connectivity index (χ1) is 15.5. The maximum Gasteiger partial charge on any atom is 0.336 e. The lowest BCUT2D eigenvalue weighted by Crippen LogP contribution is -2.01. The Balaban J connectivity index is 1.69. The zero-order valence-corrected chi connectivity index (χ0v) is 19.6. The number of hydrogen-bond acceptors (Lipinski definition) is 2. The van der Waals surface area contributed by atoms with Crippen LogP contribution in [0.15, 0.2) is 99.3 Å². The van der Waals surface area contributed by atoms with Gasteiger partial charge < -0.3 is 4.42 Å². The van der Waals surface area contributed by atoms with Gasteiger partial charge in [0.2, 0.25) is 0 Å². The molecule has 166 valence electrons. The standard InChI is InChI=1S/C30H34O2/c1-23(2)12-11-14-24(3)13-7-4-5-10-17-28-27(22-25-15-8-6-9-16-25)19-18-26-20-21-29(31)32-30(26)28/h5-6,8-10,12-13,15-16,18-21H,4,7,11,14,17,22H2,1-3H3/b10-5-,24-13-. The smallest absolute Gasteiger partial charge is 0.336 e. The summed E-state index contributed by atoms with van der Waals surface area (Å²) in [5.41, 5.74) is 6.82. The molecule has 0 aliphatic carbocycles. The highest BCUT2D eigenvalue weighted by Gasteiger charge is 2.10. The van der Waals surface area contributed by atoms with Crippen molar-refractivity contribution >= 4 is 11.0 Å². The largest absolute Gasteiger partial charge is 0.422 e. The van der Waals surface area contributed by atoms with Gasteiger partial charge in [-0.15, -0.1) is 0 Å². The lowest BCUT2D eigenvalue weighted by atomic mass is 9.95. The fourth-order valence-corrected chi connectivity index (χ4v) is 3.87. The molecule has 0 N–H and O–H groups in total. The summed E-state index contributed by atoms with van der Waals surface area (Å²) in [5, 5.41) is 0.972. The lowest BCUT2D eigenvalue weighted by Gasteiger charge is -2.11. The zero-order valence-electron chi connectivity index (χ0n) is 19.6. The van der Waals surface area contributed by atoms with Crippen LogP contribution in [-0.2, 0) is 12.8 Å². The van der Waals surface area contributed by atoms with Gasteiger partial charge in [-0.25, -0.2) is 4.79 Å². The van der Waals surface area contributed by atoms with Gasteiger partial charge in [0.15, 0.2) is 0 Å². The third-order valence-corrected chi connectivity index (χ3v) is 5.63.